The number of hydrogen-bond acceptors (Lipinski definition) is 3. The number of aliphatic hydroxyl groups is 3. The van der Waals surface area contributed by atoms with Crippen LogP contribution in [0.2, 0.25) is 0 Å². The Kier molecular flexibility index (Phi) is 14.8. The normalized spacial score (nSPS) is 9.60. The van der Waals surface area contributed by atoms with Gasteiger partial charge in [-0.3, -0.25) is 0 Å². The maximum atomic E-state index is 8.51. The predicted octanol–water partition coefficient (Wildman–Crippen LogP) is -1.29. The van der Waals surface area contributed by atoms with E-state index in [-0.39, 0.29) is 77.1 Å². The van der Waals surface area contributed by atoms with Gasteiger partial charge in [0.05, 0.1) is 0 Å². The van der Waals surface area contributed by atoms with Crippen LogP contribution in [0, 0.1) is 5.92 Å². The summed E-state index contributed by atoms with van der Waals surface area (Å²) in [6.45, 7) is 0.156. The van der Waals surface area contributed by atoms with E-state index in [1.165, 1.54) is 0 Å². The van der Waals surface area contributed by atoms with Gasteiger partial charge in [-0.15, -0.1) is 0 Å². The van der Waals surface area contributed by atoms with Crippen molar-refractivity contribution in [2.24, 2.45) is 5.92 Å². The predicted molar refractivity (Wildman–Crippen MR) is 41.1 cm³/mol. The Morgan fingerprint density at radius 3 is 1.80 bits per heavy atom. The van der Waals surface area contributed by atoms with E-state index >= 15 is 0 Å². The molecule has 0 aliphatic heterocycles. The Morgan fingerprint density at radius 1 is 1.00 bits per heavy atom. The molecule has 0 amide bonds. The minimum absolute atomic E-state index is 0. The zero-order valence-electron chi connectivity index (χ0n) is 5.45. The molecule has 3 nitrogen and oxygen atoms in total. The monoisotopic (exact) mass is 174 g/mol. The third kappa shape index (κ3) is 7.62. The Hall–Kier alpha value is 1.52. The van der Waals surface area contributed by atoms with Crippen molar-refractivity contribution in [1.82, 2.24) is 0 Å². The molecule has 0 rings (SSSR count). The van der Waals surface area contributed by atoms with Gasteiger partial charge in [-0.25, -0.2) is 0 Å². The molecule has 0 unspecified atom stereocenters. The summed E-state index contributed by atoms with van der Waals surface area (Å²) >= 11 is 0. The average molecular weight is 174 g/mol. The molecule has 0 atom stereocenters. The first-order valence-electron chi connectivity index (χ1n) is 3.17. The molecular formula is C6H15KO3. The molecule has 58 valence electrons. The summed E-state index contributed by atoms with van der Waals surface area (Å²) in [6, 6.07) is 0. The van der Waals surface area contributed by atoms with E-state index in [4.69, 9.17) is 15.3 Å². The first-order chi connectivity index (χ1) is 4.35. The summed E-state index contributed by atoms with van der Waals surface area (Å²) in [5.41, 5.74) is 0. The van der Waals surface area contributed by atoms with Crippen LogP contribution in [0.3, 0.4) is 0 Å². The molecule has 0 heterocycles. The van der Waals surface area contributed by atoms with Gasteiger partial charge in [0.15, 0.2) is 0 Å². The third-order valence-electron chi connectivity index (χ3n) is 1.29. The molecule has 0 aromatic rings. The van der Waals surface area contributed by atoms with E-state index in [2.05, 4.69) is 0 Å². The third-order valence-corrected chi connectivity index (χ3v) is 1.29. The van der Waals surface area contributed by atoms with Crippen molar-refractivity contribution in [2.75, 3.05) is 19.8 Å². The Morgan fingerprint density at radius 2 is 1.50 bits per heavy atom. The minimum atomic E-state index is -0.0443. The Balaban J connectivity index is 0. The molecule has 0 aliphatic rings. The second-order valence-electron chi connectivity index (χ2n) is 2.10. The SMILES string of the molecule is OCCCC(CO)CO.[KH]. The molecule has 10 heavy (non-hydrogen) atoms. The van der Waals surface area contributed by atoms with Gasteiger partial charge >= 0.3 is 51.4 Å². The standard InChI is InChI=1S/C6H14O3.K.H/c7-3-1-2-6(4-8)5-9;;/h6-9H,1-5H2;;. The van der Waals surface area contributed by atoms with Crippen molar-refractivity contribution in [2.45, 2.75) is 12.8 Å². The number of rotatable bonds is 5. The maximum absolute atomic E-state index is 8.51. The molecule has 0 fully saturated rings. The van der Waals surface area contributed by atoms with Crippen molar-refractivity contribution in [1.29, 1.82) is 0 Å². The molecule has 0 aromatic carbocycles. The van der Waals surface area contributed by atoms with E-state index in [0.29, 0.717) is 12.8 Å². The van der Waals surface area contributed by atoms with Gasteiger partial charge in [0, 0.05) is 25.7 Å². The van der Waals surface area contributed by atoms with Gasteiger partial charge in [0.2, 0.25) is 0 Å². The molecule has 0 spiro atoms. The fourth-order valence-corrected chi connectivity index (χ4v) is 0.620. The summed E-state index contributed by atoms with van der Waals surface area (Å²) in [7, 11) is 0. The van der Waals surface area contributed by atoms with Crippen molar-refractivity contribution >= 4 is 51.4 Å². The first kappa shape index (κ1) is 14.1. The second kappa shape index (κ2) is 10.5. The second-order valence-corrected chi connectivity index (χ2v) is 2.10. The first-order valence-corrected chi connectivity index (χ1v) is 3.17. The van der Waals surface area contributed by atoms with Crippen molar-refractivity contribution in [3.63, 3.8) is 0 Å². The fourth-order valence-electron chi connectivity index (χ4n) is 0.620. The van der Waals surface area contributed by atoms with Crippen LogP contribution < -0.4 is 0 Å². The van der Waals surface area contributed by atoms with Crippen LogP contribution in [-0.4, -0.2) is 86.5 Å². The van der Waals surface area contributed by atoms with Gasteiger partial charge < -0.3 is 15.3 Å². The van der Waals surface area contributed by atoms with Gasteiger partial charge in [0.1, 0.15) is 0 Å². The molecule has 0 radical (unpaired) electrons. The summed E-state index contributed by atoms with van der Waals surface area (Å²) < 4.78 is 0. The van der Waals surface area contributed by atoms with Crippen LogP contribution >= 0.6 is 0 Å². The number of aliphatic hydroxyl groups excluding tert-OH is 3. The zero-order chi connectivity index (χ0) is 7.11. The molecule has 0 aliphatic carbocycles. The summed E-state index contributed by atoms with van der Waals surface area (Å²) in [6.07, 6.45) is 1.36. The van der Waals surface area contributed by atoms with E-state index in [1.807, 2.05) is 0 Å². The Bertz CT molecular complexity index is 57.0. The van der Waals surface area contributed by atoms with Crippen molar-refractivity contribution in [3.05, 3.63) is 0 Å². The summed E-state index contributed by atoms with van der Waals surface area (Å²) in [5.74, 6) is -0.0443. The van der Waals surface area contributed by atoms with Crippen LogP contribution in [0.4, 0.5) is 0 Å². The van der Waals surface area contributed by atoms with Crippen molar-refractivity contribution in [3.8, 4) is 0 Å². The van der Waals surface area contributed by atoms with Gasteiger partial charge in [0.25, 0.3) is 0 Å². The fraction of sp³-hybridized carbons (Fsp3) is 1.00. The molecule has 0 aromatic heterocycles. The molecule has 0 saturated carbocycles. The van der Waals surface area contributed by atoms with E-state index in [9.17, 15) is 0 Å². The summed E-state index contributed by atoms with van der Waals surface area (Å²) in [4.78, 5) is 0. The average Bonchev–Trinajstić information content (AvgIpc) is 1.91. The van der Waals surface area contributed by atoms with Crippen LogP contribution in [0.5, 0.6) is 0 Å². The van der Waals surface area contributed by atoms with Crippen molar-refractivity contribution < 1.29 is 15.3 Å². The van der Waals surface area contributed by atoms with Crippen LogP contribution in [0.15, 0.2) is 0 Å². The van der Waals surface area contributed by atoms with E-state index in [0.717, 1.165) is 0 Å². The Labute approximate surface area is 104 Å². The van der Waals surface area contributed by atoms with Crippen LogP contribution in [0.1, 0.15) is 12.8 Å². The molecular weight excluding hydrogens is 159 g/mol. The molecule has 0 bridgehead atoms. The molecule has 3 N–H and O–H groups in total. The van der Waals surface area contributed by atoms with E-state index < -0.39 is 0 Å². The quantitative estimate of drug-likeness (QED) is 0.455. The topological polar surface area (TPSA) is 60.7 Å². The van der Waals surface area contributed by atoms with E-state index in [1.54, 1.807) is 0 Å². The van der Waals surface area contributed by atoms with Crippen LogP contribution in [0.25, 0.3) is 0 Å². The molecule has 0 saturated heterocycles. The molecule has 4 heteroatoms. The van der Waals surface area contributed by atoms with Gasteiger partial charge in [-0.05, 0) is 12.8 Å². The number of hydrogen-bond donors (Lipinski definition) is 3. The summed E-state index contributed by atoms with van der Waals surface area (Å²) in [5, 5.41) is 25.4. The van der Waals surface area contributed by atoms with Gasteiger partial charge in [-0.2, -0.15) is 0 Å². The van der Waals surface area contributed by atoms with Gasteiger partial charge in [-0.1, -0.05) is 0 Å². The zero-order valence-corrected chi connectivity index (χ0v) is 5.45. The van der Waals surface area contributed by atoms with Crippen LogP contribution in [-0.2, 0) is 0 Å².